The first-order chi connectivity index (χ1) is 7.50. The van der Waals surface area contributed by atoms with E-state index in [2.05, 4.69) is 10.5 Å². The summed E-state index contributed by atoms with van der Waals surface area (Å²) in [7, 11) is 3.40. The van der Waals surface area contributed by atoms with E-state index in [1.165, 1.54) is 10.5 Å². The minimum atomic E-state index is -0.0976. The van der Waals surface area contributed by atoms with E-state index in [-0.39, 0.29) is 5.91 Å². The number of amides is 1. The highest BCUT2D eigenvalue weighted by Crippen LogP contribution is 2.08. The van der Waals surface area contributed by atoms with Gasteiger partial charge in [0, 0.05) is 14.1 Å². The zero-order valence-electron chi connectivity index (χ0n) is 10.1. The van der Waals surface area contributed by atoms with Crippen molar-refractivity contribution >= 4 is 17.3 Å². The quantitative estimate of drug-likeness (QED) is 0.623. The molecule has 1 N–H and O–H groups in total. The van der Waals surface area contributed by atoms with Crippen molar-refractivity contribution in [2.75, 3.05) is 19.5 Å². The second-order valence-electron chi connectivity index (χ2n) is 3.87. The number of carbonyl (C=O) groups is 1. The first-order valence-electron chi connectivity index (χ1n) is 5.09. The van der Waals surface area contributed by atoms with Gasteiger partial charge in [-0.25, -0.2) is 0 Å². The number of nitrogens with zero attached hydrogens (tertiary/aromatic N) is 2. The van der Waals surface area contributed by atoms with Crippen LogP contribution in [0.25, 0.3) is 0 Å². The van der Waals surface area contributed by atoms with E-state index in [1.54, 1.807) is 21.0 Å². The van der Waals surface area contributed by atoms with Gasteiger partial charge in [-0.2, -0.15) is 5.10 Å². The first kappa shape index (κ1) is 12.2. The molecule has 0 aliphatic heterocycles. The number of nitrogens with one attached hydrogen (secondary N) is 1. The summed E-state index contributed by atoms with van der Waals surface area (Å²) in [4.78, 5) is 13.0. The molecule has 0 fully saturated rings. The number of carbonyl (C=O) groups excluding carboxylic acids is 1. The lowest BCUT2D eigenvalue weighted by molar-refractivity contribution is -0.121. The normalized spacial score (nSPS) is 11.1. The monoisotopic (exact) mass is 219 g/mol. The third kappa shape index (κ3) is 3.38. The molecule has 16 heavy (non-hydrogen) atoms. The summed E-state index contributed by atoms with van der Waals surface area (Å²) in [6.07, 6.45) is 0. The molecule has 86 valence electrons. The Morgan fingerprint density at radius 2 is 1.81 bits per heavy atom. The van der Waals surface area contributed by atoms with E-state index in [0.717, 1.165) is 5.69 Å². The molecule has 0 spiro atoms. The molecule has 0 aromatic heterocycles. The number of hydrogen-bond donors (Lipinski definition) is 1. The molecule has 0 unspecified atom stereocenters. The molecule has 4 heteroatoms. The molecular formula is C12H17N3O. The Kier molecular flexibility index (Phi) is 4.05. The summed E-state index contributed by atoms with van der Waals surface area (Å²) >= 11 is 0. The highest BCUT2D eigenvalue weighted by molar-refractivity contribution is 6.37. The van der Waals surface area contributed by atoms with Gasteiger partial charge in [0.2, 0.25) is 0 Å². The molecule has 0 heterocycles. The van der Waals surface area contributed by atoms with Crippen molar-refractivity contribution in [1.29, 1.82) is 0 Å². The van der Waals surface area contributed by atoms with Gasteiger partial charge in [0.25, 0.3) is 5.91 Å². The smallest absolute Gasteiger partial charge is 0.269 e. The minimum absolute atomic E-state index is 0.0976. The Morgan fingerprint density at radius 3 is 2.31 bits per heavy atom. The van der Waals surface area contributed by atoms with Gasteiger partial charge < -0.3 is 4.90 Å². The third-order valence-electron chi connectivity index (χ3n) is 2.12. The summed E-state index contributed by atoms with van der Waals surface area (Å²) in [5.74, 6) is -0.0976. The van der Waals surface area contributed by atoms with Crippen molar-refractivity contribution < 1.29 is 4.79 Å². The molecule has 0 saturated heterocycles. The first-order valence-corrected chi connectivity index (χ1v) is 5.09. The van der Waals surface area contributed by atoms with Gasteiger partial charge >= 0.3 is 0 Å². The van der Waals surface area contributed by atoms with Crippen molar-refractivity contribution in [2.24, 2.45) is 5.10 Å². The Balaban J connectivity index is 2.66. The van der Waals surface area contributed by atoms with Crippen molar-refractivity contribution in [3.05, 3.63) is 29.8 Å². The zero-order chi connectivity index (χ0) is 12.1. The predicted octanol–water partition coefficient (Wildman–Crippen LogP) is 1.87. The van der Waals surface area contributed by atoms with Crippen LogP contribution in [0.3, 0.4) is 0 Å². The van der Waals surface area contributed by atoms with Crippen LogP contribution in [0, 0.1) is 6.92 Å². The molecule has 0 aliphatic rings. The summed E-state index contributed by atoms with van der Waals surface area (Å²) in [6, 6.07) is 7.82. The zero-order valence-corrected chi connectivity index (χ0v) is 10.1. The van der Waals surface area contributed by atoms with E-state index in [4.69, 9.17) is 0 Å². The van der Waals surface area contributed by atoms with Gasteiger partial charge in [-0.05, 0) is 26.0 Å². The summed E-state index contributed by atoms with van der Waals surface area (Å²) in [5, 5.41) is 4.02. The van der Waals surface area contributed by atoms with Crippen LogP contribution in [0.2, 0.25) is 0 Å². The van der Waals surface area contributed by atoms with Crippen molar-refractivity contribution in [2.45, 2.75) is 13.8 Å². The average molecular weight is 219 g/mol. The summed E-state index contributed by atoms with van der Waals surface area (Å²) < 4.78 is 0. The van der Waals surface area contributed by atoms with Crippen molar-refractivity contribution in [1.82, 2.24) is 4.90 Å². The topological polar surface area (TPSA) is 44.7 Å². The lowest BCUT2D eigenvalue weighted by atomic mass is 10.2. The number of rotatable bonds is 3. The van der Waals surface area contributed by atoms with E-state index in [0.29, 0.717) is 5.71 Å². The largest absolute Gasteiger partial charge is 0.344 e. The minimum Gasteiger partial charge on any atom is -0.344 e. The highest BCUT2D eigenvalue weighted by atomic mass is 16.2. The number of aryl methyl sites for hydroxylation is 1. The third-order valence-corrected chi connectivity index (χ3v) is 2.12. The van der Waals surface area contributed by atoms with Crippen LogP contribution in [0.15, 0.2) is 29.4 Å². The van der Waals surface area contributed by atoms with Crippen LogP contribution in [-0.2, 0) is 4.79 Å². The van der Waals surface area contributed by atoms with Crippen LogP contribution >= 0.6 is 0 Å². The lowest BCUT2D eigenvalue weighted by Crippen LogP contribution is -2.28. The molecule has 0 radical (unpaired) electrons. The highest BCUT2D eigenvalue weighted by Gasteiger charge is 2.07. The van der Waals surface area contributed by atoms with Gasteiger partial charge in [0.1, 0.15) is 5.71 Å². The van der Waals surface area contributed by atoms with Crippen LogP contribution < -0.4 is 5.43 Å². The van der Waals surface area contributed by atoms with Gasteiger partial charge in [0.05, 0.1) is 5.69 Å². The van der Waals surface area contributed by atoms with Crippen LogP contribution in [0.1, 0.15) is 12.5 Å². The molecule has 0 saturated carbocycles. The SMILES string of the molecule is C/C(=N/Nc1ccc(C)cc1)C(=O)N(C)C. The fourth-order valence-corrected chi connectivity index (χ4v) is 1.15. The molecule has 0 atom stereocenters. The fraction of sp³-hybridized carbons (Fsp3) is 0.333. The molecule has 1 aromatic carbocycles. The van der Waals surface area contributed by atoms with Gasteiger partial charge in [0.15, 0.2) is 0 Å². The summed E-state index contributed by atoms with van der Waals surface area (Å²) in [5.41, 5.74) is 5.35. The second-order valence-corrected chi connectivity index (χ2v) is 3.87. The molecule has 0 aliphatic carbocycles. The van der Waals surface area contributed by atoms with Gasteiger partial charge in [-0.1, -0.05) is 17.7 Å². The van der Waals surface area contributed by atoms with E-state index >= 15 is 0 Å². The number of benzene rings is 1. The van der Waals surface area contributed by atoms with E-state index in [9.17, 15) is 4.79 Å². The van der Waals surface area contributed by atoms with Crippen LogP contribution in [-0.4, -0.2) is 30.6 Å². The van der Waals surface area contributed by atoms with E-state index in [1.807, 2.05) is 31.2 Å². The summed E-state index contributed by atoms with van der Waals surface area (Å²) in [6.45, 7) is 3.71. The van der Waals surface area contributed by atoms with Crippen LogP contribution in [0.5, 0.6) is 0 Å². The molecular weight excluding hydrogens is 202 g/mol. The number of hydrazone groups is 1. The molecule has 4 nitrogen and oxygen atoms in total. The Labute approximate surface area is 96.0 Å². The lowest BCUT2D eigenvalue weighted by Gasteiger charge is -2.09. The van der Waals surface area contributed by atoms with Crippen LogP contribution in [0.4, 0.5) is 5.69 Å². The maximum atomic E-state index is 11.5. The molecule has 1 rings (SSSR count). The molecule has 0 bridgehead atoms. The van der Waals surface area contributed by atoms with Crippen molar-refractivity contribution in [3.63, 3.8) is 0 Å². The maximum Gasteiger partial charge on any atom is 0.269 e. The standard InChI is InChI=1S/C12H17N3O/c1-9-5-7-11(8-6-9)14-13-10(2)12(16)15(3)4/h5-8,14H,1-4H3/b13-10-. The van der Waals surface area contributed by atoms with Gasteiger partial charge in [-0.15, -0.1) is 0 Å². The fourth-order valence-electron chi connectivity index (χ4n) is 1.15. The molecule has 1 amide bonds. The van der Waals surface area contributed by atoms with E-state index < -0.39 is 0 Å². The average Bonchev–Trinajstić information content (AvgIpc) is 2.26. The Bertz CT molecular complexity index is 393. The Hall–Kier alpha value is -1.84. The maximum absolute atomic E-state index is 11.5. The van der Waals surface area contributed by atoms with Crippen molar-refractivity contribution in [3.8, 4) is 0 Å². The Morgan fingerprint density at radius 1 is 1.25 bits per heavy atom. The second kappa shape index (κ2) is 5.30. The molecule has 1 aromatic rings. The predicted molar refractivity (Wildman–Crippen MR) is 66.6 cm³/mol. The van der Waals surface area contributed by atoms with Gasteiger partial charge in [-0.3, -0.25) is 10.2 Å². The number of hydrogen-bond acceptors (Lipinski definition) is 3. The number of anilines is 1.